The molecule has 0 aliphatic rings. The van der Waals surface area contributed by atoms with Gasteiger partial charge in [0.05, 0.1) is 0 Å². The predicted octanol–water partition coefficient (Wildman–Crippen LogP) is 4.55. The van der Waals surface area contributed by atoms with Gasteiger partial charge < -0.3 is 5.32 Å². The van der Waals surface area contributed by atoms with Gasteiger partial charge in [0.25, 0.3) is 0 Å². The number of nitrogens with one attached hydrogen (secondary N) is 1. The summed E-state index contributed by atoms with van der Waals surface area (Å²) in [5.74, 6) is 1.53. The monoisotopic (exact) mass is 247 g/mol. The third-order valence-electron chi connectivity index (χ3n) is 3.23. The van der Waals surface area contributed by atoms with Crippen LogP contribution < -0.4 is 5.32 Å². The van der Waals surface area contributed by atoms with Crippen molar-refractivity contribution in [3.63, 3.8) is 0 Å². The molecule has 1 aromatic carbocycles. The Kier molecular flexibility index (Phi) is 6.42. The van der Waals surface area contributed by atoms with Crippen LogP contribution in [0.1, 0.15) is 51.7 Å². The Bertz CT molecular complexity index is 314. The van der Waals surface area contributed by atoms with Gasteiger partial charge in [0.1, 0.15) is 0 Å². The molecule has 102 valence electrons. The third-order valence-corrected chi connectivity index (χ3v) is 3.23. The smallest absolute Gasteiger partial charge is 0.0208 e. The van der Waals surface area contributed by atoms with Crippen molar-refractivity contribution in [3.05, 3.63) is 35.4 Å². The summed E-state index contributed by atoms with van der Waals surface area (Å²) in [7, 11) is 0. The number of benzene rings is 1. The molecule has 0 atom stereocenters. The molecule has 0 bridgehead atoms. The van der Waals surface area contributed by atoms with Gasteiger partial charge in [-0.2, -0.15) is 0 Å². The van der Waals surface area contributed by atoms with Gasteiger partial charge >= 0.3 is 0 Å². The average molecular weight is 247 g/mol. The Balaban J connectivity index is 2.47. The van der Waals surface area contributed by atoms with Gasteiger partial charge in [0.15, 0.2) is 0 Å². The van der Waals surface area contributed by atoms with Gasteiger partial charge in [0.2, 0.25) is 0 Å². The number of rotatable bonds is 7. The molecule has 1 rings (SSSR count). The first kappa shape index (κ1) is 15.2. The maximum Gasteiger partial charge on any atom is 0.0208 e. The lowest BCUT2D eigenvalue weighted by molar-refractivity contribution is 0.358. The molecule has 0 unspecified atom stereocenters. The Hall–Kier alpha value is -0.820. The standard InChI is InChI=1S/C17H29N/c1-13(2)10-17(11-14(3)4)18-12-16-8-6-15(5)7-9-16/h6-9,13-14,17-18H,10-12H2,1-5H3. The zero-order valence-corrected chi connectivity index (χ0v) is 12.7. The fourth-order valence-corrected chi connectivity index (χ4v) is 2.37. The van der Waals surface area contributed by atoms with Crippen LogP contribution in [0.5, 0.6) is 0 Å². The summed E-state index contributed by atoms with van der Waals surface area (Å²) < 4.78 is 0. The summed E-state index contributed by atoms with van der Waals surface area (Å²) in [4.78, 5) is 0. The molecule has 0 aliphatic heterocycles. The van der Waals surface area contributed by atoms with Crippen LogP contribution in [-0.4, -0.2) is 6.04 Å². The van der Waals surface area contributed by atoms with Crippen LogP contribution in [0, 0.1) is 18.8 Å². The normalized spacial score (nSPS) is 11.8. The molecule has 1 nitrogen and oxygen atoms in total. The Morgan fingerprint density at radius 3 is 1.83 bits per heavy atom. The van der Waals surface area contributed by atoms with E-state index >= 15 is 0 Å². The van der Waals surface area contributed by atoms with Crippen LogP contribution >= 0.6 is 0 Å². The first-order chi connectivity index (χ1) is 8.47. The summed E-state index contributed by atoms with van der Waals surface area (Å²) >= 11 is 0. The third kappa shape index (κ3) is 6.20. The maximum absolute atomic E-state index is 3.72. The van der Waals surface area contributed by atoms with Gasteiger partial charge in [-0.05, 0) is 37.2 Å². The summed E-state index contributed by atoms with van der Waals surface area (Å²) in [5.41, 5.74) is 2.72. The largest absolute Gasteiger partial charge is 0.310 e. The molecule has 0 saturated carbocycles. The Labute approximate surface area is 113 Å². The highest BCUT2D eigenvalue weighted by atomic mass is 14.9. The molecule has 1 N–H and O–H groups in total. The van der Waals surface area contributed by atoms with Gasteiger partial charge in [-0.3, -0.25) is 0 Å². The van der Waals surface area contributed by atoms with E-state index in [9.17, 15) is 0 Å². The molecule has 18 heavy (non-hydrogen) atoms. The van der Waals surface area contributed by atoms with E-state index in [0.717, 1.165) is 18.4 Å². The van der Waals surface area contributed by atoms with Gasteiger partial charge in [0, 0.05) is 12.6 Å². The number of hydrogen-bond donors (Lipinski definition) is 1. The summed E-state index contributed by atoms with van der Waals surface area (Å²) in [6.45, 7) is 12.4. The molecule has 0 spiro atoms. The fourth-order valence-electron chi connectivity index (χ4n) is 2.37. The molecule has 0 heterocycles. The lowest BCUT2D eigenvalue weighted by Crippen LogP contribution is -2.31. The second-order valence-electron chi connectivity index (χ2n) is 6.32. The molecule has 0 amide bonds. The van der Waals surface area contributed by atoms with Gasteiger partial charge in [-0.15, -0.1) is 0 Å². The van der Waals surface area contributed by atoms with Crippen LogP contribution in [0.4, 0.5) is 0 Å². The highest BCUT2D eigenvalue weighted by molar-refractivity contribution is 5.21. The van der Waals surface area contributed by atoms with Crippen molar-refractivity contribution in [1.29, 1.82) is 0 Å². The quantitative estimate of drug-likeness (QED) is 0.745. The molecule has 1 aromatic rings. The topological polar surface area (TPSA) is 12.0 Å². The van der Waals surface area contributed by atoms with Crippen molar-refractivity contribution in [3.8, 4) is 0 Å². The number of hydrogen-bond acceptors (Lipinski definition) is 1. The van der Waals surface area contributed by atoms with E-state index < -0.39 is 0 Å². The molecule has 0 fully saturated rings. The van der Waals surface area contributed by atoms with Crippen LogP contribution in [0.15, 0.2) is 24.3 Å². The van der Waals surface area contributed by atoms with Gasteiger partial charge in [-0.25, -0.2) is 0 Å². The van der Waals surface area contributed by atoms with E-state index in [2.05, 4.69) is 64.2 Å². The zero-order valence-electron chi connectivity index (χ0n) is 12.7. The minimum absolute atomic E-state index is 0.645. The van der Waals surface area contributed by atoms with Crippen LogP contribution in [0.25, 0.3) is 0 Å². The average Bonchev–Trinajstić information content (AvgIpc) is 2.26. The molecular formula is C17H29N. The van der Waals surface area contributed by atoms with E-state index in [0.29, 0.717) is 6.04 Å². The maximum atomic E-state index is 3.72. The Morgan fingerprint density at radius 2 is 1.39 bits per heavy atom. The highest BCUT2D eigenvalue weighted by Crippen LogP contribution is 2.14. The first-order valence-electron chi connectivity index (χ1n) is 7.26. The van der Waals surface area contributed by atoms with E-state index in [1.807, 2.05) is 0 Å². The summed E-state index contributed by atoms with van der Waals surface area (Å²) in [6.07, 6.45) is 2.54. The molecule has 0 aliphatic carbocycles. The Morgan fingerprint density at radius 1 is 0.889 bits per heavy atom. The molecule has 0 aromatic heterocycles. The SMILES string of the molecule is Cc1ccc(CNC(CC(C)C)CC(C)C)cc1. The second-order valence-corrected chi connectivity index (χ2v) is 6.32. The van der Waals surface area contributed by atoms with Crippen molar-refractivity contribution in [2.24, 2.45) is 11.8 Å². The van der Waals surface area contributed by atoms with Crippen molar-refractivity contribution < 1.29 is 0 Å². The van der Waals surface area contributed by atoms with Crippen molar-refractivity contribution in [2.75, 3.05) is 0 Å². The van der Waals surface area contributed by atoms with Crippen molar-refractivity contribution in [1.82, 2.24) is 5.32 Å². The zero-order chi connectivity index (χ0) is 13.5. The van der Waals surface area contributed by atoms with Crippen LogP contribution in [0.3, 0.4) is 0 Å². The molecule has 0 radical (unpaired) electrons. The van der Waals surface area contributed by atoms with Crippen molar-refractivity contribution >= 4 is 0 Å². The first-order valence-corrected chi connectivity index (χ1v) is 7.26. The molecular weight excluding hydrogens is 218 g/mol. The van der Waals surface area contributed by atoms with Crippen LogP contribution in [0.2, 0.25) is 0 Å². The predicted molar refractivity (Wildman–Crippen MR) is 80.7 cm³/mol. The van der Waals surface area contributed by atoms with E-state index in [1.54, 1.807) is 0 Å². The summed E-state index contributed by atoms with van der Waals surface area (Å²) in [5, 5.41) is 3.72. The fraction of sp³-hybridized carbons (Fsp3) is 0.647. The van der Waals surface area contributed by atoms with E-state index in [-0.39, 0.29) is 0 Å². The number of aryl methyl sites for hydroxylation is 1. The minimum atomic E-state index is 0.645. The second kappa shape index (κ2) is 7.58. The summed E-state index contributed by atoms with van der Waals surface area (Å²) in [6, 6.07) is 9.48. The minimum Gasteiger partial charge on any atom is -0.310 e. The molecule has 0 saturated heterocycles. The highest BCUT2D eigenvalue weighted by Gasteiger charge is 2.12. The molecule has 1 heteroatoms. The lowest BCUT2D eigenvalue weighted by Gasteiger charge is -2.22. The van der Waals surface area contributed by atoms with E-state index in [4.69, 9.17) is 0 Å². The van der Waals surface area contributed by atoms with E-state index in [1.165, 1.54) is 24.0 Å². The lowest BCUT2D eigenvalue weighted by atomic mass is 9.95. The van der Waals surface area contributed by atoms with Gasteiger partial charge in [-0.1, -0.05) is 57.5 Å². The van der Waals surface area contributed by atoms with Crippen molar-refractivity contribution in [2.45, 2.75) is 60.0 Å². The van der Waals surface area contributed by atoms with Crippen LogP contribution in [-0.2, 0) is 6.54 Å².